The molecular weight excluding hydrogens is 468 g/mol. The molecule has 0 fully saturated rings. The van der Waals surface area contributed by atoms with Crippen molar-refractivity contribution < 1.29 is 28.5 Å². The number of carbonyl (C=O) groups is 2. The zero-order chi connectivity index (χ0) is 27.6. The highest BCUT2D eigenvalue weighted by Gasteiger charge is 2.12. The van der Waals surface area contributed by atoms with Gasteiger partial charge >= 0.3 is 0 Å². The monoisotopic (exact) mass is 512 g/mol. The van der Waals surface area contributed by atoms with Gasteiger partial charge in [-0.1, -0.05) is 39.5 Å². The van der Waals surface area contributed by atoms with Crippen molar-refractivity contribution in [3.05, 3.63) is 52.6 Å². The zero-order valence-corrected chi connectivity index (χ0v) is 23.6. The fourth-order valence-corrected chi connectivity index (χ4v) is 3.91. The molecule has 0 aliphatic heterocycles. The van der Waals surface area contributed by atoms with Crippen LogP contribution in [0.3, 0.4) is 0 Å². The smallest absolute Gasteiger partial charge is 0.157 e. The first-order valence-electron chi connectivity index (χ1n) is 13.0. The van der Waals surface area contributed by atoms with E-state index in [4.69, 9.17) is 18.9 Å². The third-order valence-corrected chi connectivity index (χ3v) is 5.95. The quantitative estimate of drug-likeness (QED) is 0.142. The Morgan fingerprint density at radius 1 is 0.676 bits per heavy atom. The van der Waals surface area contributed by atoms with Crippen LogP contribution in [0, 0.1) is 0 Å². The lowest BCUT2D eigenvalue weighted by Gasteiger charge is -2.13. The molecular formula is C31H44O6. The van der Waals surface area contributed by atoms with Gasteiger partial charge in [-0.05, 0) is 80.2 Å². The van der Waals surface area contributed by atoms with Gasteiger partial charge in [0.25, 0.3) is 0 Å². The molecule has 6 nitrogen and oxygen atoms in total. The third-order valence-electron chi connectivity index (χ3n) is 5.95. The number of ketones is 1. The molecule has 0 aliphatic rings. The molecule has 0 N–H and O–H groups in total. The Morgan fingerprint density at radius 3 is 1.35 bits per heavy atom. The number of rotatable bonds is 15. The Labute approximate surface area is 223 Å². The van der Waals surface area contributed by atoms with Crippen molar-refractivity contribution in [3.63, 3.8) is 0 Å². The van der Waals surface area contributed by atoms with Crippen LogP contribution in [-0.2, 0) is 17.6 Å². The molecule has 0 spiro atoms. The molecule has 2 rings (SSSR count). The predicted octanol–water partition coefficient (Wildman–Crippen LogP) is 7.29. The number of allylic oxidation sites excluding steroid dienone is 1. The van der Waals surface area contributed by atoms with E-state index in [1.54, 1.807) is 34.5 Å². The van der Waals surface area contributed by atoms with E-state index in [1.165, 1.54) is 44.2 Å². The van der Waals surface area contributed by atoms with Gasteiger partial charge in [0.1, 0.15) is 23.0 Å². The van der Waals surface area contributed by atoms with Gasteiger partial charge in [0, 0.05) is 0 Å². The molecule has 0 unspecified atom stereocenters. The highest BCUT2D eigenvalue weighted by atomic mass is 16.5. The first-order chi connectivity index (χ1) is 17.9. The second kappa shape index (κ2) is 18.0. The minimum absolute atomic E-state index is 0.00104. The summed E-state index contributed by atoms with van der Waals surface area (Å²) in [7, 11) is 6.40. The maximum atomic E-state index is 11.1. The van der Waals surface area contributed by atoms with E-state index in [1.807, 2.05) is 24.3 Å². The molecule has 0 heterocycles. The molecule has 0 aromatic heterocycles. The summed E-state index contributed by atoms with van der Waals surface area (Å²) >= 11 is 0. The van der Waals surface area contributed by atoms with Crippen molar-refractivity contribution in [2.75, 3.05) is 28.4 Å². The van der Waals surface area contributed by atoms with Crippen LogP contribution in [0.2, 0.25) is 0 Å². The van der Waals surface area contributed by atoms with Gasteiger partial charge in [-0.2, -0.15) is 0 Å². The van der Waals surface area contributed by atoms with E-state index < -0.39 is 0 Å². The first kappa shape index (κ1) is 31.7. The van der Waals surface area contributed by atoms with Crippen LogP contribution >= 0.6 is 0 Å². The fourth-order valence-electron chi connectivity index (χ4n) is 3.91. The lowest BCUT2D eigenvalue weighted by molar-refractivity contribution is -0.112. The van der Waals surface area contributed by atoms with Crippen molar-refractivity contribution in [1.29, 1.82) is 0 Å². The summed E-state index contributed by atoms with van der Waals surface area (Å²) in [6.07, 6.45) is 13.2. The van der Waals surface area contributed by atoms with Gasteiger partial charge in [0.05, 0.1) is 39.6 Å². The molecule has 6 heteroatoms. The molecule has 0 atom stereocenters. The number of aryl methyl sites for hydroxylation is 2. The number of aldehydes is 1. The summed E-state index contributed by atoms with van der Waals surface area (Å²) in [4.78, 5) is 22.1. The lowest BCUT2D eigenvalue weighted by Crippen LogP contribution is -1.98. The number of hydrogen-bond donors (Lipinski definition) is 0. The Hall–Kier alpha value is -3.28. The second-order valence-corrected chi connectivity index (χ2v) is 8.80. The van der Waals surface area contributed by atoms with E-state index in [-0.39, 0.29) is 5.78 Å². The van der Waals surface area contributed by atoms with Crippen LogP contribution in [0.1, 0.15) is 86.3 Å². The molecule has 0 bridgehead atoms. The minimum atomic E-state index is 0.00104. The van der Waals surface area contributed by atoms with Crippen LogP contribution in [0.4, 0.5) is 0 Å². The summed E-state index contributed by atoms with van der Waals surface area (Å²) in [6, 6.07) is 7.89. The molecule has 2 aromatic carbocycles. The Balaban J connectivity index is 0.000000375. The second-order valence-electron chi connectivity index (χ2n) is 8.80. The summed E-state index contributed by atoms with van der Waals surface area (Å²) in [6.45, 7) is 5.89. The lowest BCUT2D eigenvalue weighted by atomic mass is 10.0. The molecule has 0 saturated heterocycles. The molecule has 2 aromatic rings. The molecule has 37 heavy (non-hydrogen) atoms. The van der Waals surface area contributed by atoms with Crippen LogP contribution in [0.5, 0.6) is 23.0 Å². The number of carbonyl (C=O) groups excluding carboxylic acids is 2. The van der Waals surface area contributed by atoms with Gasteiger partial charge in [0.15, 0.2) is 12.1 Å². The van der Waals surface area contributed by atoms with Gasteiger partial charge in [0.2, 0.25) is 0 Å². The highest BCUT2D eigenvalue weighted by Crippen LogP contribution is 2.33. The normalized spacial score (nSPS) is 10.5. The van der Waals surface area contributed by atoms with Crippen molar-refractivity contribution in [2.24, 2.45) is 0 Å². The van der Waals surface area contributed by atoms with Crippen molar-refractivity contribution in [1.82, 2.24) is 0 Å². The van der Waals surface area contributed by atoms with Gasteiger partial charge < -0.3 is 18.9 Å². The Kier molecular flexibility index (Phi) is 15.5. The SMILES string of the molecule is CCCCCc1cc(OC)c(/C=C/C(C)=O)c(OC)c1.CCCCCc1cc(OC)c(C=O)c(OC)c1. The van der Waals surface area contributed by atoms with Crippen molar-refractivity contribution in [3.8, 4) is 23.0 Å². The van der Waals surface area contributed by atoms with Gasteiger partial charge in [-0.25, -0.2) is 0 Å². The van der Waals surface area contributed by atoms with Gasteiger partial charge in [-0.15, -0.1) is 0 Å². The minimum Gasteiger partial charge on any atom is -0.496 e. The van der Waals surface area contributed by atoms with E-state index in [9.17, 15) is 9.59 Å². The van der Waals surface area contributed by atoms with Crippen LogP contribution in [0.15, 0.2) is 30.3 Å². The van der Waals surface area contributed by atoms with E-state index in [0.717, 1.165) is 54.6 Å². The van der Waals surface area contributed by atoms with Gasteiger partial charge in [-0.3, -0.25) is 9.59 Å². The summed E-state index contributed by atoms with van der Waals surface area (Å²) < 4.78 is 21.3. The topological polar surface area (TPSA) is 71.1 Å². The number of ether oxygens (including phenoxy) is 4. The first-order valence-corrected chi connectivity index (χ1v) is 13.0. The number of benzene rings is 2. The van der Waals surface area contributed by atoms with E-state index in [2.05, 4.69) is 13.8 Å². The van der Waals surface area contributed by atoms with Crippen LogP contribution in [0.25, 0.3) is 6.08 Å². The maximum absolute atomic E-state index is 11.1. The standard InChI is InChI=1S/C17H24O3.C14H20O3/c1-5-6-7-8-14-11-16(19-3)15(10-9-13(2)18)17(12-14)20-4;1-4-5-6-7-11-8-13(16-2)12(10-15)14(9-11)17-3/h9-12H,5-8H2,1-4H3;8-10H,4-7H2,1-3H3/b10-9+;. The number of hydrogen-bond acceptors (Lipinski definition) is 6. The number of methoxy groups -OCH3 is 4. The molecule has 0 radical (unpaired) electrons. The Bertz CT molecular complexity index is 959. The Morgan fingerprint density at radius 2 is 1.05 bits per heavy atom. The molecule has 0 saturated carbocycles. The molecule has 0 amide bonds. The fraction of sp³-hybridized carbons (Fsp3) is 0.484. The molecule has 0 aliphatic carbocycles. The van der Waals surface area contributed by atoms with Crippen LogP contribution in [-0.4, -0.2) is 40.5 Å². The average molecular weight is 513 g/mol. The summed E-state index contributed by atoms with van der Waals surface area (Å²) in [5.74, 6) is 2.67. The average Bonchev–Trinajstić information content (AvgIpc) is 2.91. The zero-order valence-electron chi connectivity index (χ0n) is 23.6. The summed E-state index contributed by atoms with van der Waals surface area (Å²) in [5, 5.41) is 0. The highest BCUT2D eigenvalue weighted by molar-refractivity contribution is 5.92. The van der Waals surface area contributed by atoms with E-state index >= 15 is 0 Å². The third kappa shape index (κ3) is 10.7. The van der Waals surface area contributed by atoms with Crippen LogP contribution < -0.4 is 18.9 Å². The largest absolute Gasteiger partial charge is 0.496 e. The van der Waals surface area contributed by atoms with Crippen molar-refractivity contribution >= 4 is 18.1 Å². The molecule has 204 valence electrons. The van der Waals surface area contributed by atoms with E-state index in [0.29, 0.717) is 17.1 Å². The maximum Gasteiger partial charge on any atom is 0.157 e. The summed E-state index contributed by atoms with van der Waals surface area (Å²) in [5.41, 5.74) is 3.64. The number of unbranched alkanes of at least 4 members (excludes halogenated alkanes) is 4. The van der Waals surface area contributed by atoms with Crippen molar-refractivity contribution in [2.45, 2.75) is 72.1 Å². The predicted molar refractivity (Wildman–Crippen MR) is 151 cm³/mol.